The van der Waals surface area contributed by atoms with Crippen LogP contribution in [0.2, 0.25) is 0 Å². The van der Waals surface area contributed by atoms with Crippen LogP contribution < -0.4 is 10.1 Å². The first-order valence-corrected chi connectivity index (χ1v) is 5.49. The third-order valence-corrected chi connectivity index (χ3v) is 2.70. The minimum absolute atomic E-state index is 0.161. The van der Waals surface area contributed by atoms with Crippen LogP contribution in [0.3, 0.4) is 0 Å². The number of nitrogens with zero attached hydrogens (tertiary/aromatic N) is 2. The molecule has 1 fully saturated rings. The van der Waals surface area contributed by atoms with E-state index in [1.807, 2.05) is 13.8 Å². The third kappa shape index (κ3) is 2.71. The molecule has 0 amide bonds. The molecule has 1 aliphatic rings. The quantitative estimate of drug-likeness (QED) is 0.786. The van der Waals surface area contributed by atoms with Gasteiger partial charge in [-0.1, -0.05) is 0 Å². The van der Waals surface area contributed by atoms with Crippen molar-refractivity contribution in [1.82, 2.24) is 15.3 Å². The predicted molar refractivity (Wildman–Crippen MR) is 60.0 cm³/mol. The van der Waals surface area contributed by atoms with Crippen LogP contribution >= 0.6 is 0 Å². The number of hydrogen-bond acceptors (Lipinski definition) is 5. The average Bonchev–Trinajstić information content (AvgIpc) is 2.72. The molecule has 1 aliphatic heterocycles. The molecule has 1 aromatic heterocycles. The second-order valence-electron chi connectivity index (χ2n) is 4.18. The van der Waals surface area contributed by atoms with Gasteiger partial charge in [-0.15, -0.1) is 0 Å². The van der Waals surface area contributed by atoms with Gasteiger partial charge in [0.15, 0.2) is 0 Å². The molecule has 17 heavy (non-hydrogen) atoms. The molecular formula is C11H15N3O3. The summed E-state index contributed by atoms with van der Waals surface area (Å²) < 4.78 is 5.67. The molecule has 1 aromatic rings. The van der Waals surface area contributed by atoms with Crippen LogP contribution in [-0.4, -0.2) is 39.7 Å². The minimum atomic E-state index is -0.844. The molecule has 6 heteroatoms. The number of nitrogens with one attached hydrogen (secondary N) is 1. The maximum atomic E-state index is 10.8. The summed E-state index contributed by atoms with van der Waals surface area (Å²) in [5, 5.41) is 11.7. The molecule has 2 rings (SSSR count). The van der Waals surface area contributed by atoms with Gasteiger partial charge in [-0.2, -0.15) is 0 Å². The molecule has 0 saturated carbocycles. The average molecular weight is 237 g/mol. The smallest absolute Gasteiger partial charge is 0.320 e. The first-order chi connectivity index (χ1) is 8.06. The van der Waals surface area contributed by atoms with E-state index < -0.39 is 12.0 Å². The molecular weight excluding hydrogens is 222 g/mol. The van der Waals surface area contributed by atoms with E-state index in [0.717, 1.165) is 11.4 Å². The molecule has 1 saturated heterocycles. The Balaban J connectivity index is 2.02. The van der Waals surface area contributed by atoms with Crippen molar-refractivity contribution in [2.45, 2.75) is 32.4 Å². The summed E-state index contributed by atoms with van der Waals surface area (Å²) in [5.41, 5.74) is 1.50. The Morgan fingerprint density at radius 3 is 3.00 bits per heavy atom. The normalized spacial score (nSPS) is 23.6. The highest BCUT2D eigenvalue weighted by molar-refractivity contribution is 5.73. The van der Waals surface area contributed by atoms with Crippen molar-refractivity contribution in [3.05, 3.63) is 17.6 Å². The molecule has 2 N–H and O–H groups in total. The molecule has 0 aliphatic carbocycles. The summed E-state index contributed by atoms with van der Waals surface area (Å²) >= 11 is 0. The van der Waals surface area contributed by atoms with E-state index in [0.29, 0.717) is 18.8 Å². The largest absolute Gasteiger partial charge is 0.480 e. The highest BCUT2D eigenvalue weighted by Crippen LogP contribution is 2.18. The second kappa shape index (κ2) is 4.67. The van der Waals surface area contributed by atoms with Gasteiger partial charge in [0.1, 0.15) is 12.1 Å². The van der Waals surface area contributed by atoms with Crippen LogP contribution in [0.15, 0.2) is 6.20 Å². The van der Waals surface area contributed by atoms with Gasteiger partial charge in [-0.3, -0.25) is 9.78 Å². The van der Waals surface area contributed by atoms with Gasteiger partial charge < -0.3 is 15.2 Å². The van der Waals surface area contributed by atoms with Crippen molar-refractivity contribution in [3.8, 4) is 5.88 Å². The zero-order chi connectivity index (χ0) is 12.4. The van der Waals surface area contributed by atoms with Gasteiger partial charge >= 0.3 is 5.97 Å². The number of hydrogen-bond donors (Lipinski definition) is 2. The van der Waals surface area contributed by atoms with Gasteiger partial charge in [0.2, 0.25) is 5.88 Å². The van der Waals surface area contributed by atoms with E-state index in [-0.39, 0.29) is 6.10 Å². The number of rotatable bonds is 3. The number of aromatic nitrogens is 2. The zero-order valence-electron chi connectivity index (χ0n) is 9.80. The number of carbonyl (C=O) groups is 1. The summed E-state index contributed by atoms with van der Waals surface area (Å²) in [7, 11) is 0. The van der Waals surface area contributed by atoms with Crippen molar-refractivity contribution in [1.29, 1.82) is 0 Å². The number of carboxylic acids is 1. The lowest BCUT2D eigenvalue weighted by molar-refractivity contribution is -0.139. The molecule has 0 bridgehead atoms. The van der Waals surface area contributed by atoms with Crippen LogP contribution in [0.4, 0.5) is 0 Å². The number of aryl methyl sites for hydroxylation is 2. The first kappa shape index (κ1) is 11.8. The Morgan fingerprint density at radius 2 is 2.35 bits per heavy atom. The van der Waals surface area contributed by atoms with Crippen LogP contribution in [0.1, 0.15) is 17.8 Å². The Kier molecular flexibility index (Phi) is 3.23. The molecule has 6 nitrogen and oxygen atoms in total. The van der Waals surface area contributed by atoms with E-state index in [4.69, 9.17) is 9.84 Å². The maximum Gasteiger partial charge on any atom is 0.320 e. The van der Waals surface area contributed by atoms with Gasteiger partial charge in [0, 0.05) is 19.2 Å². The highest BCUT2D eigenvalue weighted by atomic mass is 16.5. The van der Waals surface area contributed by atoms with Crippen LogP contribution in [-0.2, 0) is 4.79 Å². The van der Waals surface area contributed by atoms with E-state index >= 15 is 0 Å². The summed E-state index contributed by atoms with van der Waals surface area (Å²) in [5.74, 6) is -0.356. The summed E-state index contributed by atoms with van der Waals surface area (Å²) in [6.45, 7) is 4.18. The molecule has 0 radical (unpaired) electrons. The lowest BCUT2D eigenvalue weighted by atomic mass is 10.2. The van der Waals surface area contributed by atoms with Crippen molar-refractivity contribution < 1.29 is 14.6 Å². The van der Waals surface area contributed by atoms with E-state index in [1.54, 1.807) is 6.20 Å². The zero-order valence-corrected chi connectivity index (χ0v) is 9.80. The molecule has 2 heterocycles. The Labute approximate surface area is 99.0 Å². The summed E-state index contributed by atoms with van der Waals surface area (Å²) in [4.78, 5) is 19.2. The van der Waals surface area contributed by atoms with Crippen LogP contribution in [0.5, 0.6) is 5.88 Å². The van der Waals surface area contributed by atoms with Gasteiger partial charge in [0.05, 0.1) is 11.4 Å². The van der Waals surface area contributed by atoms with E-state index in [1.165, 1.54) is 0 Å². The SMILES string of the molecule is Cc1cnc(C)c(OC2CNC(C(=O)O)C2)n1. The molecule has 2 unspecified atom stereocenters. The fourth-order valence-corrected chi connectivity index (χ4v) is 1.77. The molecule has 0 spiro atoms. The van der Waals surface area contributed by atoms with Gasteiger partial charge in [0.25, 0.3) is 0 Å². The number of carboxylic acid groups (broad SMARTS) is 1. The number of ether oxygens (including phenoxy) is 1. The fraction of sp³-hybridized carbons (Fsp3) is 0.545. The van der Waals surface area contributed by atoms with Gasteiger partial charge in [-0.05, 0) is 13.8 Å². The summed E-state index contributed by atoms with van der Waals surface area (Å²) in [6, 6.07) is -0.530. The standard InChI is InChI=1S/C11H15N3O3/c1-6-4-12-7(2)10(14-6)17-8-3-9(11(15)16)13-5-8/h4,8-9,13H,3,5H2,1-2H3,(H,15,16). The molecule has 92 valence electrons. The van der Waals surface area contributed by atoms with Crippen LogP contribution in [0, 0.1) is 13.8 Å². The van der Waals surface area contributed by atoms with Crippen molar-refractivity contribution in [3.63, 3.8) is 0 Å². The monoisotopic (exact) mass is 237 g/mol. The fourth-order valence-electron chi connectivity index (χ4n) is 1.77. The minimum Gasteiger partial charge on any atom is -0.480 e. The second-order valence-corrected chi connectivity index (χ2v) is 4.18. The van der Waals surface area contributed by atoms with Crippen molar-refractivity contribution in [2.75, 3.05) is 6.54 Å². The van der Waals surface area contributed by atoms with Gasteiger partial charge in [-0.25, -0.2) is 4.98 Å². The predicted octanol–water partition coefficient (Wildman–Crippen LogP) is 0.287. The Bertz CT molecular complexity index is 436. The highest BCUT2D eigenvalue weighted by Gasteiger charge is 2.31. The topological polar surface area (TPSA) is 84.3 Å². The van der Waals surface area contributed by atoms with Crippen molar-refractivity contribution >= 4 is 5.97 Å². The van der Waals surface area contributed by atoms with E-state index in [9.17, 15) is 4.79 Å². The molecule has 0 aromatic carbocycles. The summed E-state index contributed by atoms with van der Waals surface area (Å²) in [6.07, 6.45) is 1.96. The first-order valence-electron chi connectivity index (χ1n) is 5.49. The maximum absolute atomic E-state index is 10.8. The lowest BCUT2D eigenvalue weighted by Gasteiger charge is -2.13. The van der Waals surface area contributed by atoms with Crippen molar-refractivity contribution in [2.24, 2.45) is 0 Å². The Hall–Kier alpha value is -1.69. The Morgan fingerprint density at radius 1 is 1.59 bits per heavy atom. The molecule has 2 atom stereocenters. The number of aliphatic carboxylic acids is 1. The lowest BCUT2D eigenvalue weighted by Crippen LogP contribution is -2.30. The third-order valence-electron chi connectivity index (χ3n) is 2.70. The van der Waals surface area contributed by atoms with Crippen LogP contribution in [0.25, 0.3) is 0 Å². The van der Waals surface area contributed by atoms with E-state index in [2.05, 4.69) is 15.3 Å².